The number of benzene rings is 1. The Kier molecular flexibility index (Phi) is 3.75. The van der Waals surface area contributed by atoms with Crippen LogP contribution in [0.25, 0.3) is 0 Å². The minimum absolute atomic E-state index is 0.175. The Morgan fingerprint density at radius 3 is 2.52 bits per heavy atom. The van der Waals surface area contributed by atoms with Crippen LogP contribution >= 0.6 is 0 Å². The van der Waals surface area contributed by atoms with E-state index in [1.807, 2.05) is 6.92 Å². The molecule has 2 atom stereocenters. The van der Waals surface area contributed by atoms with Gasteiger partial charge < -0.3 is 5.32 Å². The molecule has 0 saturated heterocycles. The van der Waals surface area contributed by atoms with Crippen molar-refractivity contribution in [1.82, 2.24) is 10.0 Å². The summed E-state index contributed by atoms with van der Waals surface area (Å²) >= 11 is 0. The van der Waals surface area contributed by atoms with Crippen molar-refractivity contribution < 1.29 is 17.2 Å². The summed E-state index contributed by atoms with van der Waals surface area (Å²) in [5.41, 5.74) is 0.435. The van der Waals surface area contributed by atoms with E-state index in [2.05, 4.69) is 10.0 Å². The van der Waals surface area contributed by atoms with E-state index < -0.39 is 26.6 Å². The van der Waals surface area contributed by atoms with Crippen molar-refractivity contribution in [2.45, 2.75) is 49.7 Å². The third-order valence-corrected chi connectivity index (χ3v) is 5.42. The second kappa shape index (κ2) is 5.30. The van der Waals surface area contributed by atoms with Gasteiger partial charge in [-0.15, -0.1) is 0 Å². The molecule has 1 aromatic rings. The molecule has 0 bridgehead atoms. The molecular formula is C14H18F2N2O2S. The molecule has 2 unspecified atom stereocenters. The highest BCUT2D eigenvalue weighted by atomic mass is 32.2. The molecule has 2 aliphatic carbocycles. The van der Waals surface area contributed by atoms with E-state index in [4.69, 9.17) is 0 Å². The quantitative estimate of drug-likeness (QED) is 0.843. The molecular weight excluding hydrogens is 298 g/mol. The Bertz CT molecular complexity index is 659. The van der Waals surface area contributed by atoms with Gasteiger partial charge in [0.1, 0.15) is 4.90 Å². The standard InChI is InChI=1S/C14H18F2N2O2S/c1-8-4-12(8)18-21(19,20)13-6-9(5-11(15)14(13)16)7-17-10-2-3-10/h5-6,8,10,12,17-18H,2-4,7H2,1H3. The number of halogens is 2. The zero-order valence-corrected chi connectivity index (χ0v) is 12.5. The number of sulfonamides is 1. The first kappa shape index (κ1) is 14.9. The second-order valence-corrected chi connectivity index (χ2v) is 7.67. The van der Waals surface area contributed by atoms with E-state index in [9.17, 15) is 17.2 Å². The summed E-state index contributed by atoms with van der Waals surface area (Å²) in [6.45, 7) is 2.24. The lowest BCUT2D eigenvalue weighted by Gasteiger charge is -2.10. The van der Waals surface area contributed by atoms with Crippen molar-refractivity contribution in [1.29, 1.82) is 0 Å². The molecule has 4 nitrogen and oxygen atoms in total. The summed E-state index contributed by atoms with van der Waals surface area (Å²) in [5.74, 6) is -2.20. The number of rotatable bonds is 6. The summed E-state index contributed by atoms with van der Waals surface area (Å²) in [7, 11) is -4.02. The highest BCUT2D eigenvalue weighted by Gasteiger charge is 2.37. The Morgan fingerprint density at radius 2 is 1.95 bits per heavy atom. The molecule has 7 heteroatoms. The number of hydrogen-bond acceptors (Lipinski definition) is 3. The van der Waals surface area contributed by atoms with Crippen LogP contribution in [0.5, 0.6) is 0 Å². The van der Waals surface area contributed by atoms with E-state index in [1.165, 1.54) is 6.07 Å². The first-order valence-electron chi connectivity index (χ1n) is 7.10. The van der Waals surface area contributed by atoms with E-state index in [0.717, 1.165) is 25.3 Å². The molecule has 2 N–H and O–H groups in total. The van der Waals surface area contributed by atoms with Crippen LogP contribution in [-0.4, -0.2) is 20.5 Å². The van der Waals surface area contributed by atoms with Crippen molar-refractivity contribution in [2.24, 2.45) is 5.92 Å². The third kappa shape index (κ3) is 3.41. The summed E-state index contributed by atoms with van der Waals surface area (Å²) in [5, 5.41) is 3.15. The van der Waals surface area contributed by atoms with Crippen LogP contribution in [0.4, 0.5) is 8.78 Å². The molecule has 0 amide bonds. The maximum Gasteiger partial charge on any atom is 0.243 e. The predicted octanol–water partition coefficient (Wildman–Crippen LogP) is 1.90. The molecule has 3 rings (SSSR count). The fourth-order valence-electron chi connectivity index (χ4n) is 2.21. The van der Waals surface area contributed by atoms with Crippen LogP contribution in [0.2, 0.25) is 0 Å². The molecule has 0 spiro atoms. The maximum absolute atomic E-state index is 13.8. The summed E-state index contributed by atoms with van der Waals surface area (Å²) in [6, 6.07) is 2.49. The Morgan fingerprint density at radius 1 is 1.29 bits per heavy atom. The molecule has 21 heavy (non-hydrogen) atoms. The Hall–Kier alpha value is -1.05. The van der Waals surface area contributed by atoms with Crippen molar-refractivity contribution in [3.05, 3.63) is 29.3 Å². The second-order valence-electron chi connectivity index (χ2n) is 5.99. The number of hydrogen-bond donors (Lipinski definition) is 2. The van der Waals surface area contributed by atoms with Crippen molar-refractivity contribution in [2.75, 3.05) is 0 Å². The van der Waals surface area contributed by atoms with Crippen molar-refractivity contribution in [3.8, 4) is 0 Å². The lowest BCUT2D eigenvalue weighted by atomic mass is 10.2. The normalized spacial score (nSPS) is 25.1. The van der Waals surface area contributed by atoms with Gasteiger partial charge in [0.05, 0.1) is 0 Å². The van der Waals surface area contributed by atoms with Crippen LogP contribution in [0.15, 0.2) is 17.0 Å². The molecule has 1 aromatic carbocycles. The van der Waals surface area contributed by atoms with E-state index in [1.54, 1.807) is 0 Å². The zero-order valence-electron chi connectivity index (χ0n) is 11.7. The minimum atomic E-state index is -4.02. The van der Waals surface area contributed by atoms with E-state index in [0.29, 0.717) is 18.2 Å². The fraction of sp³-hybridized carbons (Fsp3) is 0.571. The molecule has 0 aliphatic heterocycles. The van der Waals surface area contributed by atoms with E-state index >= 15 is 0 Å². The highest BCUT2D eigenvalue weighted by molar-refractivity contribution is 7.89. The molecule has 116 valence electrons. The smallest absolute Gasteiger partial charge is 0.243 e. The van der Waals surface area contributed by atoms with Crippen LogP contribution in [0.1, 0.15) is 31.7 Å². The van der Waals surface area contributed by atoms with Crippen molar-refractivity contribution in [3.63, 3.8) is 0 Å². The van der Waals surface area contributed by atoms with Gasteiger partial charge >= 0.3 is 0 Å². The first-order chi connectivity index (χ1) is 9.87. The van der Waals surface area contributed by atoms with Crippen LogP contribution in [0, 0.1) is 17.6 Å². The minimum Gasteiger partial charge on any atom is -0.310 e. The van der Waals surface area contributed by atoms with Gasteiger partial charge in [-0.3, -0.25) is 0 Å². The SMILES string of the molecule is CC1CC1NS(=O)(=O)c1cc(CNC2CC2)cc(F)c1F. The third-order valence-electron chi connectivity index (χ3n) is 3.93. The summed E-state index contributed by atoms with van der Waals surface area (Å²) < 4.78 is 54.2. The fourth-order valence-corrected chi connectivity index (χ4v) is 3.71. The average Bonchev–Trinajstić information content (AvgIpc) is 3.30. The predicted molar refractivity (Wildman–Crippen MR) is 74.1 cm³/mol. The largest absolute Gasteiger partial charge is 0.310 e. The number of nitrogens with one attached hydrogen (secondary N) is 2. The molecule has 2 fully saturated rings. The van der Waals surface area contributed by atoms with Crippen LogP contribution in [0.3, 0.4) is 0 Å². The Balaban J connectivity index is 1.84. The molecule has 2 aliphatic rings. The van der Waals surface area contributed by atoms with Gasteiger partial charge in [-0.25, -0.2) is 21.9 Å². The molecule has 0 heterocycles. The van der Waals surface area contributed by atoms with Crippen LogP contribution < -0.4 is 10.0 Å². The van der Waals surface area contributed by atoms with Gasteiger partial charge in [-0.1, -0.05) is 6.92 Å². The highest BCUT2D eigenvalue weighted by Crippen LogP contribution is 2.31. The Labute approximate surface area is 123 Å². The van der Waals surface area contributed by atoms with Crippen molar-refractivity contribution >= 4 is 10.0 Å². The average molecular weight is 316 g/mol. The van der Waals surface area contributed by atoms with Gasteiger partial charge in [0, 0.05) is 18.6 Å². The topological polar surface area (TPSA) is 58.2 Å². The maximum atomic E-state index is 13.8. The summed E-state index contributed by atoms with van der Waals surface area (Å²) in [4.78, 5) is -0.603. The van der Waals surface area contributed by atoms with Gasteiger partial charge in [0.25, 0.3) is 0 Å². The molecule has 0 radical (unpaired) electrons. The van der Waals surface area contributed by atoms with Gasteiger partial charge in [-0.05, 0) is 42.9 Å². The summed E-state index contributed by atoms with van der Waals surface area (Å²) in [6.07, 6.45) is 2.86. The van der Waals surface area contributed by atoms with Gasteiger partial charge in [0.15, 0.2) is 11.6 Å². The van der Waals surface area contributed by atoms with E-state index in [-0.39, 0.29) is 12.0 Å². The molecule has 0 aromatic heterocycles. The van der Waals surface area contributed by atoms with Gasteiger partial charge in [0.2, 0.25) is 10.0 Å². The lowest BCUT2D eigenvalue weighted by Crippen LogP contribution is -2.28. The zero-order chi connectivity index (χ0) is 15.2. The first-order valence-corrected chi connectivity index (χ1v) is 8.59. The molecule has 2 saturated carbocycles. The monoisotopic (exact) mass is 316 g/mol. The van der Waals surface area contributed by atoms with Crippen LogP contribution in [-0.2, 0) is 16.6 Å². The lowest BCUT2D eigenvalue weighted by molar-refractivity contribution is 0.480. The van der Waals surface area contributed by atoms with Gasteiger partial charge in [-0.2, -0.15) is 0 Å².